The SMILES string of the molecule is CC(C)(C)OC(=O)N1CC(Nc2ccc3cn[nH]c3c2)C1. The topological polar surface area (TPSA) is 70.2 Å². The lowest BCUT2D eigenvalue weighted by Crippen LogP contribution is -2.57. The van der Waals surface area contributed by atoms with Crippen LogP contribution in [0.4, 0.5) is 10.5 Å². The van der Waals surface area contributed by atoms with Crippen LogP contribution in [0, 0.1) is 0 Å². The number of amides is 1. The van der Waals surface area contributed by atoms with Crippen molar-refractivity contribution in [1.29, 1.82) is 0 Å². The summed E-state index contributed by atoms with van der Waals surface area (Å²) in [6.07, 6.45) is 1.55. The summed E-state index contributed by atoms with van der Waals surface area (Å²) in [6.45, 7) is 6.95. The molecular formula is C15H20N4O2. The third-order valence-corrected chi connectivity index (χ3v) is 3.35. The molecule has 0 bridgehead atoms. The van der Waals surface area contributed by atoms with Crippen LogP contribution in [0.3, 0.4) is 0 Å². The number of hydrogen-bond acceptors (Lipinski definition) is 4. The van der Waals surface area contributed by atoms with E-state index in [1.54, 1.807) is 11.1 Å². The monoisotopic (exact) mass is 288 g/mol. The number of rotatable bonds is 2. The molecule has 0 aliphatic carbocycles. The van der Waals surface area contributed by atoms with Crippen LogP contribution < -0.4 is 5.32 Å². The molecule has 1 aliphatic rings. The van der Waals surface area contributed by atoms with Gasteiger partial charge >= 0.3 is 6.09 Å². The number of aromatic amines is 1. The van der Waals surface area contributed by atoms with Crippen molar-refractivity contribution in [2.45, 2.75) is 32.4 Å². The fourth-order valence-electron chi connectivity index (χ4n) is 2.31. The van der Waals surface area contributed by atoms with E-state index in [2.05, 4.69) is 15.5 Å². The first-order valence-corrected chi connectivity index (χ1v) is 7.08. The summed E-state index contributed by atoms with van der Waals surface area (Å²) in [4.78, 5) is 13.5. The van der Waals surface area contributed by atoms with E-state index < -0.39 is 5.60 Å². The predicted octanol–water partition coefficient (Wildman–Crippen LogP) is 2.59. The molecule has 1 saturated heterocycles. The molecule has 0 unspecified atom stereocenters. The molecule has 0 atom stereocenters. The smallest absolute Gasteiger partial charge is 0.410 e. The quantitative estimate of drug-likeness (QED) is 0.891. The minimum atomic E-state index is -0.443. The van der Waals surface area contributed by atoms with Gasteiger partial charge in [-0.25, -0.2) is 4.79 Å². The van der Waals surface area contributed by atoms with Gasteiger partial charge in [0.25, 0.3) is 0 Å². The first-order valence-electron chi connectivity index (χ1n) is 7.08. The van der Waals surface area contributed by atoms with Gasteiger partial charge in [0.1, 0.15) is 5.60 Å². The third-order valence-electron chi connectivity index (χ3n) is 3.35. The zero-order valence-corrected chi connectivity index (χ0v) is 12.5. The van der Waals surface area contributed by atoms with Crippen molar-refractivity contribution in [3.63, 3.8) is 0 Å². The molecule has 2 N–H and O–H groups in total. The molecule has 6 heteroatoms. The van der Waals surface area contributed by atoms with Gasteiger partial charge in [0.15, 0.2) is 0 Å². The van der Waals surface area contributed by atoms with Gasteiger partial charge in [-0.2, -0.15) is 5.10 Å². The maximum atomic E-state index is 11.8. The van der Waals surface area contributed by atoms with Crippen LogP contribution in [-0.4, -0.2) is 45.9 Å². The molecule has 0 spiro atoms. The lowest BCUT2D eigenvalue weighted by Gasteiger charge is -2.40. The Hall–Kier alpha value is -2.24. The summed E-state index contributed by atoms with van der Waals surface area (Å²) in [5.74, 6) is 0. The van der Waals surface area contributed by atoms with Gasteiger partial charge in [-0.1, -0.05) is 0 Å². The zero-order valence-electron chi connectivity index (χ0n) is 12.5. The Morgan fingerprint density at radius 1 is 1.43 bits per heavy atom. The Morgan fingerprint density at radius 3 is 2.90 bits per heavy atom. The molecule has 0 saturated carbocycles. The molecule has 112 valence electrons. The molecule has 6 nitrogen and oxygen atoms in total. The molecule has 2 aromatic rings. The highest BCUT2D eigenvalue weighted by Crippen LogP contribution is 2.21. The molecule has 1 aromatic heterocycles. The number of H-pyrrole nitrogens is 1. The number of carbonyl (C=O) groups is 1. The standard InChI is InChI=1S/C15H20N4O2/c1-15(2,3)21-14(20)19-8-12(9-19)17-11-5-4-10-7-16-18-13(10)6-11/h4-7,12,17H,8-9H2,1-3H3,(H,16,18). The highest BCUT2D eigenvalue weighted by atomic mass is 16.6. The molecule has 1 aliphatic heterocycles. The van der Waals surface area contributed by atoms with Gasteiger partial charge in [0, 0.05) is 24.2 Å². The number of aromatic nitrogens is 2. The minimum Gasteiger partial charge on any atom is -0.444 e. The molecule has 21 heavy (non-hydrogen) atoms. The van der Waals surface area contributed by atoms with Crippen LogP contribution in [0.15, 0.2) is 24.4 Å². The summed E-state index contributed by atoms with van der Waals surface area (Å²) < 4.78 is 5.33. The van der Waals surface area contributed by atoms with Gasteiger partial charge in [-0.15, -0.1) is 0 Å². The molecule has 1 fully saturated rings. The second-order valence-electron chi connectivity index (χ2n) is 6.40. The van der Waals surface area contributed by atoms with Crippen LogP contribution in [0.2, 0.25) is 0 Å². The van der Waals surface area contributed by atoms with Gasteiger partial charge in [-0.05, 0) is 39.0 Å². The Morgan fingerprint density at radius 2 is 2.19 bits per heavy atom. The average molecular weight is 288 g/mol. The van der Waals surface area contributed by atoms with Crippen LogP contribution >= 0.6 is 0 Å². The molecule has 0 radical (unpaired) electrons. The number of anilines is 1. The maximum absolute atomic E-state index is 11.8. The van der Waals surface area contributed by atoms with Crippen molar-refractivity contribution in [2.24, 2.45) is 0 Å². The summed E-state index contributed by atoms with van der Waals surface area (Å²) in [5, 5.41) is 11.4. The van der Waals surface area contributed by atoms with E-state index in [-0.39, 0.29) is 12.1 Å². The Balaban J connectivity index is 1.53. The van der Waals surface area contributed by atoms with E-state index in [0.717, 1.165) is 16.6 Å². The number of hydrogen-bond donors (Lipinski definition) is 2. The Kier molecular flexibility index (Phi) is 3.23. The highest BCUT2D eigenvalue weighted by Gasteiger charge is 2.33. The first-order chi connectivity index (χ1) is 9.90. The van der Waals surface area contributed by atoms with Crippen LogP contribution in [0.5, 0.6) is 0 Å². The first kappa shape index (κ1) is 13.7. The van der Waals surface area contributed by atoms with E-state index in [4.69, 9.17) is 4.74 Å². The number of fused-ring (bicyclic) bond motifs is 1. The largest absolute Gasteiger partial charge is 0.444 e. The Bertz CT molecular complexity index is 653. The molecular weight excluding hydrogens is 268 g/mol. The van der Waals surface area contributed by atoms with Crippen molar-refractivity contribution < 1.29 is 9.53 Å². The van der Waals surface area contributed by atoms with Crippen molar-refractivity contribution >= 4 is 22.7 Å². The molecule has 1 amide bonds. The van der Waals surface area contributed by atoms with Crippen LogP contribution in [-0.2, 0) is 4.74 Å². The fraction of sp³-hybridized carbons (Fsp3) is 0.467. The number of nitrogens with one attached hydrogen (secondary N) is 2. The van der Waals surface area contributed by atoms with Crippen molar-refractivity contribution in [1.82, 2.24) is 15.1 Å². The van der Waals surface area contributed by atoms with Gasteiger partial charge in [0.2, 0.25) is 0 Å². The molecule has 3 rings (SSSR count). The second-order valence-corrected chi connectivity index (χ2v) is 6.40. The van der Waals surface area contributed by atoms with E-state index >= 15 is 0 Å². The van der Waals surface area contributed by atoms with Gasteiger partial charge in [-0.3, -0.25) is 5.10 Å². The van der Waals surface area contributed by atoms with E-state index in [1.807, 2.05) is 39.0 Å². The maximum Gasteiger partial charge on any atom is 0.410 e. The second kappa shape index (κ2) is 4.95. The number of likely N-dealkylation sites (tertiary alicyclic amines) is 1. The summed E-state index contributed by atoms with van der Waals surface area (Å²) in [7, 11) is 0. The number of carbonyl (C=O) groups excluding carboxylic acids is 1. The third kappa shape index (κ3) is 3.09. The number of benzene rings is 1. The summed E-state index contributed by atoms with van der Waals surface area (Å²) >= 11 is 0. The van der Waals surface area contributed by atoms with E-state index in [9.17, 15) is 4.79 Å². The molecule has 2 heterocycles. The van der Waals surface area contributed by atoms with Crippen molar-refractivity contribution in [3.05, 3.63) is 24.4 Å². The molecule has 1 aromatic carbocycles. The summed E-state index contributed by atoms with van der Waals surface area (Å²) in [6, 6.07) is 6.33. The number of ether oxygens (including phenoxy) is 1. The van der Waals surface area contributed by atoms with Gasteiger partial charge in [0.05, 0.1) is 17.8 Å². The van der Waals surface area contributed by atoms with E-state index in [1.165, 1.54) is 0 Å². The number of nitrogens with zero attached hydrogens (tertiary/aromatic N) is 2. The van der Waals surface area contributed by atoms with Crippen LogP contribution in [0.25, 0.3) is 10.9 Å². The summed E-state index contributed by atoms with van der Waals surface area (Å²) in [5.41, 5.74) is 1.59. The van der Waals surface area contributed by atoms with Crippen LogP contribution in [0.1, 0.15) is 20.8 Å². The normalized spacial score (nSPS) is 15.9. The highest BCUT2D eigenvalue weighted by molar-refractivity contribution is 5.81. The Labute approximate surface area is 123 Å². The zero-order chi connectivity index (χ0) is 15.0. The van der Waals surface area contributed by atoms with Crippen molar-refractivity contribution in [3.8, 4) is 0 Å². The minimum absolute atomic E-state index is 0.246. The van der Waals surface area contributed by atoms with Crippen molar-refractivity contribution in [2.75, 3.05) is 18.4 Å². The average Bonchev–Trinajstić information content (AvgIpc) is 2.77. The lowest BCUT2D eigenvalue weighted by atomic mass is 10.1. The van der Waals surface area contributed by atoms with Gasteiger partial charge < -0.3 is 15.0 Å². The lowest BCUT2D eigenvalue weighted by molar-refractivity contribution is 0.0105. The fourth-order valence-corrected chi connectivity index (χ4v) is 2.31. The predicted molar refractivity (Wildman–Crippen MR) is 81.3 cm³/mol. The van der Waals surface area contributed by atoms with E-state index in [0.29, 0.717) is 13.1 Å².